The first-order valence-electron chi connectivity index (χ1n) is 16.0. The summed E-state index contributed by atoms with van der Waals surface area (Å²) in [5, 5.41) is 6.37. The van der Waals surface area contributed by atoms with E-state index in [1.807, 2.05) is 36.4 Å². The average Bonchev–Trinajstić information content (AvgIpc) is 3.00. The largest absolute Gasteiger partial charge is 0.490 e. The van der Waals surface area contributed by atoms with E-state index in [0.717, 1.165) is 91.2 Å². The molecule has 0 atom stereocenters. The molecule has 1 amide bonds. The van der Waals surface area contributed by atoms with Gasteiger partial charge in [0, 0.05) is 25.2 Å². The summed E-state index contributed by atoms with van der Waals surface area (Å²) in [6.45, 7) is 16.4. The lowest BCUT2D eigenvalue weighted by molar-refractivity contribution is -0.121. The van der Waals surface area contributed by atoms with Crippen molar-refractivity contribution in [3.05, 3.63) is 59.8 Å². The first kappa shape index (κ1) is 34.8. The Kier molecular flexibility index (Phi) is 17.7. The first-order valence-corrected chi connectivity index (χ1v) is 16.0. The summed E-state index contributed by atoms with van der Waals surface area (Å²) in [4.78, 5) is 12.6. The van der Waals surface area contributed by atoms with Gasteiger partial charge in [-0.05, 0) is 67.5 Å². The molecule has 0 radical (unpaired) electrons. The molecule has 2 N–H and O–H groups in total. The van der Waals surface area contributed by atoms with Gasteiger partial charge in [-0.25, -0.2) is 0 Å². The van der Waals surface area contributed by atoms with Crippen LogP contribution in [0.15, 0.2) is 48.7 Å². The van der Waals surface area contributed by atoms with Crippen molar-refractivity contribution in [2.45, 2.75) is 105 Å². The fourth-order valence-electron chi connectivity index (χ4n) is 3.96. The molecule has 2 aromatic rings. The molecule has 0 spiro atoms. The Hall–Kier alpha value is -3.35. The molecular formula is C35H54N2O5. The molecule has 0 unspecified atom stereocenters. The minimum absolute atomic E-state index is 0.0186. The van der Waals surface area contributed by atoms with Crippen molar-refractivity contribution < 1.29 is 23.7 Å². The standard InChI is InChI=1S/C35H54N2O5/c1-6-10-20-39-31-17-15-29(24-33(31)41-22-12-8-3)26-36-28(5)14-19-35(38)37-27-30-16-18-32(40-21-11-7-2)34(25-30)42-23-13-9-4/h15-18,24-25,36H,5-14,19-23,26-27H2,1-4H3,(H,37,38). The Balaban J connectivity index is 1.82. The van der Waals surface area contributed by atoms with Crippen LogP contribution in [0, 0.1) is 0 Å². The third-order valence-corrected chi connectivity index (χ3v) is 6.72. The van der Waals surface area contributed by atoms with Gasteiger partial charge < -0.3 is 29.6 Å². The monoisotopic (exact) mass is 582 g/mol. The summed E-state index contributed by atoms with van der Waals surface area (Å²) in [5.41, 5.74) is 2.88. The Bertz CT molecular complexity index is 972. The van der Waals surface area contributed by atoms with Gasteiger partial charge >= 0.3 is 0 Å². The van der Waals surface area contributed by atoms with Gasteiger partial charge in [-0.15, -0.1) is 0 Å². The van der Waals surface area contributed by atoms with E-state index in [4.69, 9.17) is 18.9 Å². The maximum absolute atomic E-state index is 12.6. The molecule has 2 aromatic carbocycles. The molecule has 0 bridgehead atoms. The Morgan fingerprint density at radius 1 is 0.595 bits per heavy atom. The van der Waals surface area contributed by atoms with E-state index in [-0.39, 0.29) is 5.91 Å². The van der Waals surface area contributed by atoms with Crippen LogP contribution in [0.4, 0.5) is 0 Å². The molecule has 0 saturated heterocycles. The van der Waals surface area contributed by atoms with E-state index in [9.17, 15) is 4.79 Å². The quantitative estimate of drug-likeness (QED) is 0.122. The van der Waals surface area contributed by atoms with Crippen LogP contribution in [0.1, 0.15) is 103 Å². The SMILES string of the molecule is C=C(CCC(=O)NCc1ccc(OCCCC)c(OCCCC)c1)NCc1ccc(OCCCC)c(OCCCC)c1. The lowest BCUT2D eigenvalue weighted by atomic mass is 10.1. The number of benzene rings is 2. The third-order valence-electron chi connectivity index (χ3n) is 6.72. The van der Waals surface area contributed by atoms with Gasteiger partial charge in [-0.1, -0.05) is 72.1 Å². The van der Waals surface area contributed by atoms with Crippen molar-refractivity contribution in [2.24, 2.45) is 0 Å². The van der Waals surface area contributed by atoms with Gasteiger partial charge in [0.1, 0.15) is 0 Å². The molecule has 7 heteroatoms. The fourth-order valence-corrected chi connectivity index (χ4v) is 3.96. The van der Waals surface area contributed by atoms with Crippen LogP contribution in [0.25, 0.3) is 0 Å². The second-order valence-electron chi connectivity index (χ2n) is 10.6. The molecule has 0 heterocycles. The lowest BCUT2D eigenvalue weighted by Crippen LogP contribution is -2.23. The van der Waals surface area contributed by atoms with Crippen molar-refractivity contribution in [1.29, 1.82) is 0 Å². The highest BCUT2D eigenvalue weighted by Crippen LogP contribution is 2.30. The molecule has 234 valence electrons. The molecule has 7 nitrogen and oxygen atoms in total. The minimum atomic E-state index is -0.0186. The van der Waals surface area contributed by atoms with Crippen molar-refractivity contribution >= 4 is 5.91 Å². The number of hydrogen-bond acceptors (Lipinski definition) is 6. The van der Waals surface area contributed by atoms with E-state index in [1.54, 1.807) is 0 Å². The van der Waals surface area contributed by atoms with Crippen LogP contribution in [0.5, 0.6) is 23.0 Å². The van der Waals surface area contributed by atoms with Crippen LogP contribution in [-0.2, 0) is 17.9 Å². The number of rotatable bonds is 24. The van der Waals surface area contributed by atoms with Crippen molar-refractivity contribution in [1.82, 2.24) is 10.6 Å². The van der Waals surface area contributed by atoms with Gasteiger partial charge in [0.25, 0.3) is 0 Å². The molecule has 0 fully saturated rings. The maximum atomic E-state index is 12.6. The second-order valence-corrected chi connectivity index (χ2v) is 10.6. The third kappa shape index (κ3) is 14.0. The predicted octanol–water partition coefficient (Wildman–Crippen LogP) is 8.10. The van der Waals surface area contributed by atoms with E-state index < -0.39 is 0 Å². The molecule has 0 aliphatic rings. The highest BCUT2D eigenvalue weighted by Gasteiger charge is 2.10. The Labute approximate surface area is 254 Å². The summed E-state index contributed by atoms with van der Waals surface area (Å²) in [6, 6.07) is 11.9. The van der Waals surface area contributed by atoms with Crippen molar-refractivity contribution in [2.75, 3.05) is 26.4 Å². The topological polar surface area (TPSA) is 78.1 Å². The molecule has 0 aliphatic carbocycles. The lowest BCUT2D eigenvalue weighted by Gasteiger charge is -2.15. The summed E-state index contributed by atoms with van der Waals surface area (Å²) < 4.78 is 23.9. The van der Waals surface area contributed by atoms with Crippen LogP contribution in [0.3, 0.4) is 0 Å². The summed E-state index contributed by atoms with van der Waals surface area (Å²) in [6.07, 6.45) is 9.23. The number of ether oxygens (including phenoxy) is 4. The van der Waals surface area contributed by atoms with Gasteiger partial charge in [0.15, 0.2) is 23.0 Å². The second kappa shape index (κ2) is 21.4. The van der Waals surface area contributed by atoms with Gasteiger partial charge in [-0.3, -0.25) is 4.79 Å². The molecule has 2 rings (SSSR count). The van der Waals surface area contributed by atoms with Crippen molar-refractivity contribution in [3.8, 4) is 23.0 Å². The number of allylic oxidation sites excluding steroid dienone is 1. The predicted molar refractivity (Wildman–Crippen MR) is 172 cm³/mol. The zero-order chi connectivity index (χ0) is 30.4. The van der Waals surface area contributed by atoms with Crippen LogP contribution < -0.4 is 29.6 Å². The highest BCUT2D eigenvalue weighted by atomic mass is 16.5. The van der Waals surface area contributed by atoms with Crippen LogP contribution >= 0.6 is 0 Å². The zero-order valence-corrected chi connectivity index (χ0v) is 26.5. The van der Waals surface area contributed by atoms with Gasteiger partial charge in [-0.2, -0.15) is 0 Å². The average molecular weight is 583 g/mol. The molecule has 0 aromatic heterocycles. The smallest absolute Gasteiger partial charge is 0.220 e. The van der Waals surface area contributed by atoms with Crippen LogP contribution in [0.2, 0.25) is 0 Å². The van der Waals surface area contributed by atoms with E-state index in [1.165, 1.54) is 0 Å². The molecule has 0 aliphatic heterocycles. The molecular weight excluding hydrogens is 528 g/mol. The van der Waals surface area contributed by atoms with Gasteiger partial charge in [0.05, 0.1) is 26.4 Å². The number of hydrogen-bond donors (Lipinski definition) is 2. The minimum Gasteiger partial charge on any atom is -0.490 e. The molecule has 0 saturated carbocycles. The van der Waals surface area contributed by atoms with E-state index in [0.29, 0.717) is 52.4 Å². The number of amides is 1. The maximum Gasteiger partial charge on any atom is 0.220 e. The number of carbonyl (C=O) groups excluding carboxylic acids is 1. The number of nitrogens with one attached hydrogen (secondary N) is 2. The number of unbranched alkanes of at least 4 members (excludes halogenated alkanes) is 4. The highest BCUT2D eigenvalue weighted by molar-refractivity contribution is 5.76. The molecule has 42 heavy (non-hydrogen) atoms. The zero-order valence-electron chi connectivity index (χ0n) is 26.5. The van der Waals surface area contributed by atoms with E-state index in [2.05, 4.69) is 44.9 Å². The van der Waals surface area contributed by atoms with Crippen molar-refractivity contribution in [3.63, 3.8) is 0 Å². The fraction of sp³-hybridized carbons (Fsp3) is 0.571. The summed E-state index contributed by atoms with van der Waals surface area (Å²) >= 11 is 0. The number of carbonyl (C=O) groups is 1. The normalized spacial score (nSPS) is 10.7. The van der Waals surface area contributed by atoms with E-state index >= 15 is 0 Å². The van der Waals surface area contributed by atoms with Gasteiger partial charge in [0.2, 0.25) is 5.91 Å². The summed E-state index contributed by atoms with van der Waals surface area (Å²) in [7, 11) is 0. The first-order chi connectivity index (χ1) is 20.5. The van der Waals surface area contributed by atoms with Crippen LogP contribution in [-0.4, -0.2) is 32.3 Å². The Morgan fingerprint density at radius 3 is 1.43 bits per heavy atom. The Morgan fingerprint density at radius 2 is 1.00 bits per heavy atom. The summed E-state index contributed by atoms with van der Waals surface area (Å²) in [5.74, 6) is 3.05.